The molecule has 2 fully saturated rings. The molecule has 0 aliphatic carbocycles. The summed E-state index contributed by atoms with van der Waals surface area (Å²) in [5.74, 6) is 2.14. The van der Waals surface area contributed by atoms with E-state index in [1.54, 1.807) is 6.33 Å². The molecule has 3 heterocycles. The summed E-state index contributed by atoms with van der Waals surface area (Å²) in [4.78, 5) is 18.4. The lowest BCUT2D eigenvalue weighted by Gasteiger charge is -2.23. The molecule has 0 saturated carbocycles. The van der Waals surface area contributed by atoms with Crippen molar-refractivity contribution in [2.45, 2.75) is 24.9 Å². The molecule has 122 valence electrons. The molecule has 1 aromatic rings. The quantitative estimate of drug-likeness (QED) is 0.818. The molecule has 2 aliphatic rings. The maximum absolute atomic E-state index is 4.50. The highest BCUT2D eigenvalue weighted by atomic mass is 15.3. The van der Waals surface area contributed by atoms with Gasteiger partial charge in [-0.1, -0.05) is 0 Å². The topological polar surface area (TPSA) is 38.7 Å². The van der Waals surface area contributed by atoms with E-state index in [0.717, 1.165) is 37.8 Å². The lowest BCUT2D eigenvalue weighted by Crippen LogP contribution is -2.32. The SMILES string of the molecule is CN(C)C1CCN(c2cc(N3CCC(N(C)C)C3)ncn2)C1. The molecule has 2 unspecified atom stereocenters. The van der Waals surface area contributed by atoms with Crippen molar-refractivity contribution in [2.75, 3.05) is 64.2 Å². The number of rotatable bonds is 4. The van der Waals surface area contributed by atoms with Crippen LogP contribution >= 0.6 is 0 Å². The molecule has 0 radical (unpaired) electrons. The predicted molar refractivity (Wildman–Crippen MR) is 90.6 cm³/mol. The fraction of sp³-hybridized carbons (Fsp3) is 0.750. The summed E-state index contributed by atoms with van der Waals surface area (Å²) in [6, 6.07) is 3.42. The third-order valence-corrected chi connectivity index (χ3v) is 5.07. The summed E-state index contributed by atoms with van der Waals surface area (Å²) in [7, 11) is 8.63. The average molecular weight is 304 g/mol. The fourth-order valence-corrected chi connectivity index (χ4v) is 3.43. The van der Waals surface area contributed by atoms with Crippen LogP contribution in [0, 0.1) is 0 Å². The number of anilines is 2. The Kier molecular flexibility index (Phi) is 4.49. The van der Waals surface area contributed by atoms with Crippen LogP contribution in [-0.2, 0) is 0 Å². The molecule has 0 bridgehead atoms. The zero-order valence-electron chi connectivity index (χ0n) is 14.2. The van der Waals surface area contributed by atoms with Crippen molar-refractivity contribution in [1.82, 2.24) is 19.8 Å². The van der Waals surface area contributed by atoms with Crippen LogP contribution in [0.5, 0.6) is 0 Å². The van der Waals surface area contributed by atoms with Crippen molar-refractivity contribution >= 4 is 11.6 Å². The summed E-state index contributed by atoms with van der Waals surface area (Å²) >= 11 is 0. The Morgan fingerprint density at radius 1 is 0.864 bits per heavy atom. The van der Waals surface area contributed by atoms with E-state index in [2.05, 4.69) is 63.8 Å². The summed E-state index contributed by atoms with van der Waals surface area (Å²) in [6.45, 7) is 4.28. The van der Waals surface area contributed by atoms with Gasteiger partial charge in [-0.05, 0) is 41.0 Å². The van der Waals surface area contributed by atoms with Crippen molar-refractivity contribution in [3.8, 4) is 0 Å². The van der Waals surface area contributed by atoms with Crippen molar-refractivity contribution in [3.05, 3.63) is 12.4 Å². The Bertz CT molecular complexity index is 462. The predicted octanol–water partition coefficient (Wildman–Crippen LogP) is 0.757. The Balaban J connectivity index is 1.69. The van der Waals surface area contributed by atoms with Crippen LogP contribution in [0.15, 0.2) is 12.4 Å². The van der Waals surface area contributed by atoms with E-state index in [0.29, 0.717) is 12.1 Å². The summed E-state index contributed by atoms with van der Waals surface area (Å²) in [6.07, 6.45) is 4.13. The minimum Gasteiger partial charge on any atom is -0.355 e. The second kappa shape index (κ2) is 6.38. The lowest BCUT2D eigenvalue weighted by molar-refractivity contribution is 0.315. The first-order chi connectivity index (χ1) is 10.5. The number of aromatic nitrogens is 2. The van der Waals surface area contributed by atoms with Crippen molar-refractivity contribution in [2.24, 2.45) is 0 Å². The van der Waals surface area contributed by atoms with Crippen molar-refractivity contribution in [1.29, 1.82) is 0 Å². The van der Waals surface area contributed by atoms with Gasteiger partial charge in [-0.25, -0.2) is 9.97 Å². The third kappa shape index (κ3) is 3.17. The van der Waals surface area contributed by atoms with Gasteiger partial charge < -0.3 is 19.6 Å². The molecule has 22 heavy (non-hydrogen) atoms. The van der Waals surface area contributed by atoms with Crippen molar-refractivity contribution in [3.63, 3.8) is 0 Å². The normalized spacial score (nSPS) is 25.7. The second-order valence-corrected chi connectivity index (χ2v) is 6.94. The maximum atomic E-state index is 4.50. The average Bonchev–Trinajstić information content (AvgIpc) is 3.17. The van der Waals surface area contributed by atoms with Gasteiger partial charge in [0.1, 0.15) is 18.0 Å². The van der Waals surface area contributed by atoms with Gasteiger partial charge in [0.2, 0.25) is 0 Å². The molecule has 0 aromatic carbocycles. The van der Waals surface area contributed by atoms with Gasteiger partial charge in [-0.2, -0.15) is 0 Å². The standard InChI is InChI=1S/C16H28N6/c1-19(2)13-5-7-21(10-13)15-9-16(18-12-17-15)22-8-6-14(11-22)20(3)4/h9,12-14H,5-8,10-11H2,1-4H3. The lowest BCUT2D eigenvalue weighted by atomic mass is 10.2. The number of hydrogen-bond donors (Lipinski definition) is 0. The van der Waals surface area contributed by atoms with Gasteiger partial charge in [0, 0.05) is 44.3 Å². The van der Waals surface area contributed by atoms with Gasteiger partial charge in [0.05, 0.1) is 0 Å². The van der Waals surface area contributed by atoms with E-state index in [9.17, 15) is 0 Å². The summed E-state index contributed by atoms with van der Waals surface area (Å²) in [5, 5.41) is 0. The zero-order valence-corrected chi connectivity index (χ0v) is 14.2. The van der Waals surface area contributed by atoms with Crippen LogP contribution in [0.2, 0.25) is 0 Å². The molecule has 2 saturated heterocycles. The van der Waals surface area contributed by atoms with Crippen LogP contribution < -0.4 is 9.80 Å². The second-order valence-electron chi connectivity index (χ2n) is 6.94. The van der Waals surface area contributed by atoms with Gasteiger partial charge in [0.25, 0.3) is 0 Å². The van der Waals surface area contributed by atoms with E-state index < -0.39 is 0 Å². The summed E-state index contributed by atoms with van der Waals surface area (Å²) < 4.78 is 0. The first-order valence-corrected chi connectivity index (χ1v) is 8.19. The molecule has 0 amide bonds. The molecule has 6 nitrogen and oxygen atoms in total. The van der Waals surface area contributed by atoms with Crippen LogP contribution in [-0.4, -0.2) is 86.2 Å². The molecule has 2 atom stereocenters. The first-order valence-electron chi connectivity index (χ1n) is 8.19. The molecule has 0 N–H and O–H groups in total. The Labute approximate surface area is 133 Å². The van der Waals surface area contributed by atoms with E-state index in [4.69, 9.17) is 0 Å². The maximum Gasteiger partial charge on any atom is 0.134 e. The van der Waals surface area contributed by atoms with E-state index in [-0.39, 0.29) is 0 Å². The van der Waals surface area contributed by atoms with Gasteiger partial charge in [-0.3, -0.25) is 0 Å². The minimum absolute atomic E-state index is 0.628. The van der Waals surface area contributed by atoms with Crippen LogP contribution in [0.25, 0.3) is 0 Å². The molecule has 0 spiro atoms. The monoisotopic (exact) mass is 304 g/mol. The number of likely N-dealkylation sites (N-methyl/N-ethyl adjacent to an activating group) is 2. The number of hydrogen-bond acceptors (Lipinski definition) is 6. The van der Waals surface area contributed by atoms with Gasteiger partial charge in [0.15, 0.2) is 0 Å². The molecule has 1 aromatic heterocycles. The Hall–Kier alpha value is -1.40. The first kappa shape index (κ1) is 15.5. The largest absolute Gasteiger partial charge is 0.355 e. The molecular formula is C16H28N6. The summed E-state index contributed by atoms with van der Waals surface area (Å²) in [5.41, 5.74) is 0. The smallest absolute Gasteiger partial charge is 0.134 e. The fourth-order valence-electron chi connectivity index (χ4n) is 3.43. The van der Waals surface area contributed by atoms with E-state index in [1.807, 2.05) is 0 Å². The zero-order chi connectivity index (χ0) is 15.7. The van der Waals surface area contributed by atoms with Gasteiger partial charge in [-0.15, -0.1) is 0 Å². The van der Waals surface area contributed by atoms with Gasteiger partial charge >= 0.3 is 0 Å². The molecule has 6 heteroatoms. The molecule has 3 rings (SSSR count). The van der Waals surface area contributed by atoms with Crippen LogP contribution in [0.1, 0.15) is 12.8 Å². The third-order valence-electron chi connectivity index (χ3n) is 5.07. The van der Waals surface area contributed by atoms with E-state index >= 15 is 0 Å². The van der Waals surface area contributed by atoms with Crippen molar-refractivity contribution < 1.29 is 0 Å². The van der Waals surface area contributed by atoms with E-state index in [1.165, 1.54) is 12.8 Å². The highest BCUT2D eigenvalue weighted by molar-refractivity contribution is 5.51. The Morgan fingerprint density at radius 2 is 1.32 bits per heavy atom. The number of nitrogens with zero attached hydrogens (tertiary/aromatic N) is 6. The van der Waals surface area contributed by atoms with Crippen LogP contribution in [0.4, 0.5) is 11.6 Å². The highest BCUT2D eigenvalue weighted by Gasteiger charge is 2.27. The molecular weight excluding hydrogens is 276 g/mol. The Morgan fingerprint density at radius 3 is 1.68 bits per heavy atom. The highest BCUT2D eigenvalue weighted by Crippen LogP contribution is 2.25. The molecule has 2 aliphatic heterocycles. The van der Waals surface area contributed by atoms with Crippen LogP contribution in [0.3, 0.4) is 0 Å². The minimum atomic E-state index is 0.628.